The summed E-state index contributed by atoms with van der Waals surface area (Å²) in [6, 6.07) is 14.5. The first kappa shape index (κ1) is 33.7. The summed E-state index contributed by atoms with van der Waals surface area (Å²) >= 11 is 0. The average Bonchev–Trinajstić information content (AvgIpc) is 3.51. The number of nitrogens with one attached hydrogen (secondary N) is 2. The van der Waals surface area contributed by atoms with E-state index in [9.17, 15) is 14.4 Å². The molecule has 3 amide bonds. The van der Waals surface area contributed by atoms with Gasteiger partial charge in [-0.15, -0.1) is 0 Å². The first-order valence-electron chi connectivity index (χ1n) is 18.3. The minimum atomic E-state index is -0.450. The number of aromatic nitrogens is 1. The zero-order chi connectivity index (χ0) is 34.3. The number of benzene rings is 2. The van der Waals surface area contributed by atoms with E-state index in [1.165, 1.54) is 24.9 Å². The molecule has 1 unspecified atom stereocenters. The van der Waals surface area contributed by atoms with Gasteiger partial charge in [0.1, 0.15) is 5.69 Å². The highest BCUT2D eigenvalue weighted by Crippen LogP contribution is 2.53. The van der Waals surface area contributed by atoms with Gasteiger partial charge in [0.25, 0.3) is 5.91 Å². The number of carbonyl (C=O) groups is 3. The van der Waals surface area contributed by atoms with E-state index in [4.69, 9.17) is 4.52 Å². The van der Waals surface area contributed by atoms with Crippen LogP contribution in [0.4, 0.5) is 5.69 Å². The highest BCUT2D eigenvalue weighted by Gasteiger charge is 2.53. The Kier molecular flexibility index (Phi) is 9.30. The van der Waals surface area contributed by atoms with Crippen LogP contribution < -0.4 is 15.5 Å². The lowest BCUT2D eigenvalue weighted by Crippen LogP contribution is -2.63. The molecular formula is C39H52N6O4. The molecule has 3 aromatic rings. The summed E-state index contributed by atoms with van der Waals surface area (Å²) in [5, 5.41) is 10.9. The zero-order valence-corrected chi connectivity index (χ0v) is 29.6. The van der Waals surface area contributed by atoms with Gasteiger partial charge < -0.3 is 19.6 Å². The molecule has 2 N–H and O–H groups in total. The van der Waals surface area contributed by atoms with E-state index in [1.54, 1.807) is 0 Å². The Morgan fingerprint density at radius 2 is 1.61 bits per heavy atom. The van der Waals surface area contributed by atoms with Crippen LogP contribution in [0, 0.1) is 16.7 Å². The highest BCUT2D eigenvalue weighted by molar-refractivity contribution is 6.02. The molecule has 2 aromatic carbocycles. The Labute approximate surface area is 289 Å². The highest BCUT2D eigenvalue weighted by atomic mass is 16.5. The Morgan fingerprint density at radius 3 is 2.29 bits per heavy atom. The number of hydrogen-bond donors (Lipinski definition) is 2. The van der Waals surface area contributed by atoms with Crippen molar-refractivity contribution in [3.05, 3.63) is 59.3 Å². The minimum Gasteiger partial charge on any atom is -0.372 e. The Balaban J connectivity index is 0.836. The molecule has 1 aliphatic carbocycles. The van der Waals surface area contributed by atoms with E-state index in [0.717, 1.165) is 86.8 Å². The van der Waals surface area contributed by atoms with Crippen molar-refractivity contribution < 1.29 is 18.9 Å². The van der Waals surface area contributed by atoms with Crippen LogP contribution in [0.1, 0.15) is 93.8 Å². The maximum atomic E-state index is 13.0. The number of carbonyl (C=O) groups excluding carboxylic acids is 3. The largest absolute Gasteiger partial charge is 0.372 e. The van der Waals surface area contributed by atoms with Crippen molar-refractivity contribution in [1.82, 2.24) is 25.6 Å². The first-order valence-corrected chi connectivity index (χ1v) is 18.3. The van der Waals surface area contributed by atoms with Crippen LogP contribution in [0.3, 0.4) is 0 Å². The van der Waals surface area contributed by atoms with Crippen molar-refractivity contribution in [1.29, 1.82) is 0 Å². The van der Waals surface area contributed by atoms with Crippen molar-refractivity contribution in [2.45, 2.75) is 84.7 Å². The third-order valence-corrected chi connectivity index (χ3v) is 11.7. The lowest BCUT2D eigenvalue weighted by Gasteiger charge is -2.57. The molecular weight excluding hydrogens is 616 g/mol. The fourth-order valence-corrected chi connectivity index (χ4v) is 9.36. The molecule has 0 radical (unpaired) electrons. The lowest BCUT2D eigenvalue weighted by molar-refractivity contribution is -0.134. The second-order valence-corrected chi connectivity index (χ2v) is 16.3. The fourth-order valence-electron chi connectivity index (χ4n) is 9.36. The van der Waals surface area contributed by atoms with Crippen LogP contribution in [0.25, 0.3) is 11.0 Å². The summed E-state index contributed by atoms with van der Waals surface area (Å²) in [6.45, 7) is 17.1. The summed E-state index contributed by atoms with van der Waals surface area (Å²) < 4.78 is 5.79. The normalized spacial score (nSPS) is 23.8. The SMILES string of the molecule is CC1(C)CC(C)(C)C1NC(=O)c1ccc(N2CCC(CCN3CCN(Cc4cccc5c(C6CCC(=O)NC6=O)noc45)CC3)CC2)cc1. The Morgan fingerprint density at radius 1 is 0.918 bits per heavy atom. The van der Waals surface area contributed by atoms with Crippen molar-refractivity contribution in [3.8, 4) is 0 Å². The lowest BCUT2D eigenvalue weighted by atomic mass is 9.52. The summed E-state index contributed by atoms with van der Waals surface area (Å²) in [5.41, 5.74) is 4.70. The first-order chi connectivity index (χ1) is 23.5. The number of fused-ring (bicyclic) bond motifs is 1. The molecule has 0 bridgehead atoms. The van der Waals surface area contributed by atoms with Gasteiger partial charge in [-0.3, -0.25) is 24.6 Å². The van der Waals surface area contributed by atoms with Crippen molar-refractivity contribution in [2.75, 3.05) is 50.7 Å². The molecule has 4 heterocycles. The van der Waals surface area contributed by atoms with Crippen molar-refractivity contribution >= 4 is 34.4 Å². The van der Waals surface area contributed by atoms with Crippen molar-refractivity contribution in [2.24, 2.45) is 16.7 Å². The molecule has 1 saturated carbocycles. The quantitative estimate of drug-likeness (QED) is 0.295. The number of imide groups is 1. The second kappa shape index (κ2) is 13.5. The minimum absolute atomic E-state index is 0.0322. The van der Waals surface area contributed by atoms with Gasteiger partial charge in [-0.25, -0.2) is 0 Å². The van der Waals surface area contributed by atoms with E-state index < -0.39 is 5.92 Å². The van der Waals surface area contributed by atoms with Gasteiger partial charge in [0.2, 0.25) is 11.8 Å². The van der Waals surface area contributed by atoms with E-state index in [2.05, 4.69) is 76.4 Å². The predicted octanol–water partition coefficient (Wildman–Crippen LogP) is 5.33. The van der Waals surface area contributed by atoms with Gasteiger partial charge in [-0.05, 0) is 85.7 Å². The maximum absolute atomic E-state index is 13.0. The monoisotopic (exact) mass is 668 g/mol. The third kappa shape index (κ3) is 7.13. The van der Waals surface area contributed by atoms with E-state index >= 15 is 0 Å². The van der Waals surface area contributed by atoms with Crippen LogP contribution in [-0.2, 0) is 16.1 Å². The van der Waals surface area contributed by atoms with E-state index in [0.29, 0.717) is 18.5 Å². The summed E-state index contributed by atoms with van der Waals surface area (Å²) in [5.74, 6) is -0.185. The number of amides is 3. The molecule has 4 aliphatic rings. The van der Waals surface area contributed by atoms with Crippen molar-refractivity contribution in [3.63, 3.8) is 0 Å². The van der Waals surface area contributed by atoms with E-state index in [-0.39, 0.29) is 34.6 Å². The second-order valence-electron chi connectivity index (χ2n) is 16.3. The predicted molar refractivity (Wildman–Crippen MR) is 190 cm³/mol. The number of hydrogen-bond acceptors (Lipinski definition) is 8. The third-order valence-electron chi connectivity index (χ3n) is 11.7. The smallest absolute Gasteiger partial charge is 0.251 e. The zero-order valence-electron chi connectivity index (χ0n) is 29.6. The van der Waals surface area contributed by atoms with Gasteiger partial charge in [0.15, 0.2) is 5.58 Å². The number of nitrogens with zero attached hydrogens (tertiary/aromatic N) is 4. The average molecular weight is 669 g/mol. The summed E-state index contributed by atoms with van der Waals surface area (Å²) in [6.07, 6.45) is 5.55. The molecule has 10 nitrogen and oxygen atoms in total. The van der Waals surface area contributed by atoms with E-state index in [1.807, 2.05) is 24.3 Å². The maximum Gasteiger partial charge on any atom is 0.251 e. The molecule has 0 spiro atoms. The number of rotatable bonds is 9. The van der Waals surface area contributed by atoms with Gasteiger partial charge in [-0.1, -0.05) is 45.0 Å². The molecule has 1 aromatic heterocycles. The van der Waals surface area contributed by atoms with Crippen LogP contribution in [0.2, 0.25) is 0 Å². The Bertz CT molecular complexity index is 1670. The van der Waals surface area contributed by atoms with Crippen LogP contribution in [0.15, 0.2) is 47.0 Å². The summed E-state index contributed by atoms with van der Waals surface area (Å²) in [4.78, 5) is 44.6. The Hall–Kier alpha value is -3.76. The van der Waals surface area contributed by atoms with Crippen LogP contribution in [0.5, 0.6) is 0 Å². The van der Waals surface area contributed by atoms with Gasteiger partial charge >= 0.3 is 0 Å². The standard InChI is InChI=1S/C39H52N6O4/c1-38(2)25-39(3,4)37(38)41-35(47)27-8-10-29(11-9-27)45-18-15-26(16-19-45)14-17-43-20-22-44(23-21-43)24-28-6-5-7-30-33(42-49-34(28)30)31-12-13-32(46)40-36(31)48/h5-11,26,31,37H,12-25H2,1-4H3,(H,41,47)(H,40,46,48). The number of anilines is 1. The number of piperazine rings is 1. The molecule has 262 valence electrons. The van der Waals surface area contributed by atoms with Gasteiger partial charge in [-0.2, -0.15) is 0 Å². The van der Waals surface area contributed by atoms with Gasteiger partial charge in [0.05, 0.1) is 5.92 Å². The topological polar surface area (TPSA) is 111 Å². The van der Waals surface area contributed by atoms with Gasteiger partial charge in [0, 0.05) is 80.5 Å². The molecule has 49 heavy (non-hydrogen) atoms. The molecule has 7 rings (SSSR count). The van der Waals surface area contributed by atoms with Crippen LogP contribution >= 0.6 is 0 Å². The molecule has 3 saturated heterocycles. The van der Waals surface area contributed by atoms with Crippen LogP contribution in [-0.4, -0.2) is 84.5 Å². The molecule has 3 aliphatic heterocycles. The number of para-hydroxylation sites is 1. The molecule has 4 fully saturated rings. The molecule has 10 heteroatoms. The molecule has 1 atom stereocenters. The number of piperidine rings is 2. The fraction of sp³-hybridized carbons (Fsp3) is 0.590. The summed E-state index contributed by atoms with van der Waals surface area (Å²) in [7, 11) is 0.